The van der Waals surface area contributed by atoms with E-state index in [1.165, 1.54) is 44.0 Å². The molecule has 1 aromatic rings. The Bertz CT molecular complexity index is 1070. The maximum Gasteiger partial charge on any atom is 0.582 e. The highest BCUT2D eigenvalue weighted by molar-refractivity contribution is 8.00. The summed E-state index contributed by atoms with van der Waals surface area (Å²) in [5.74, 6) is -4.87. The molecule has 14 heteroatoms. The number of hydrogen-bond donors (Lipinski definition) is 1. The lowest BCUT2D eigenvalue weighted by atomic mass is 9.89. The van der Waals surface area contributed by atoms with Crippen molar-refractivity contribution in [1.29, 1.82) is 0 Å². The molecule has 0 radical (unpaired) electrons. The molecule has 0 saturated carbocycles. The molecule has 3 aliphatic rings. The van der Waals surface area contributed by atoms with Gasteiger partial charge in [0.15, 0.2) is 5.76 Å². The van der Waals surface area contributed by atoms with E-state index in [-0.39, 0.29) is 23.6 Å². The van der Waals surface area contributed by atoms with Crippen molar-refractivity contribution in [2.24, 2.45) is 11.1 Å². The van der Waals surface area contributed by atoms with Gasteiger partial charge in [0.05, 0.1) is 18.6 Å². The molecular formula is C19H21N3O10S+2. The van der Waals surface area contributed by atoms with Crippen molar-refractivity contribution in [3.05, 3.63) is 24.2 Å². The van der Waals surface area contributed by atoms with Crippen LogP contribution < -0.4 is 5.32 Å². The fraction of sp³-hybridized carbons (Fsp3) is 0.474. The van der Waals surface area contributed by atoms with Gasteiger partial charge in [-0.15, -0.1) is 11.8 Å². The van der Waals surface area contributed by atoms with Crippen LogP contribution in [0, 0.1) is 5.92 Å². The second-order valence-corrected chi connectivity index (χ2v) is 9.28. The molecule has 3 aliphatic heterocycles. The van der Waals surface area contributed by atoms with Crippen molar-refractivity contribution >= 4 is 47.2 Å². The molecule has 0 aromatic carbocycles. The molecular weight excluding hydrogens is 462 g/mol. The highest BCUT2D eigenvalue weighted by atomic mass is 32.2. The van der Waals surface area contributed by atoms with Crippen LogP contribution in [0.15, 0.2) is 28.0 Å². The van der Waals surface area contributed by atoms with Gasteiger partial charge >= 0.3 is 23.6 Å². The van der Waals surface area contributed by atoms with Gasteiger partial charge in [0.2, 0.25) is 5.71 Å². The first kappa shape index (κ1) is 22.6. The Labute approximate surface area is 190 Å². The maximum absolute atomic E-state index is 13.0. The normalized spacial score (nSPS) is 28.8. The van der Waals surface area contributed by atoms with Crippen LogP contribution in [0.1, 0.15) is 26.0 Å². The van der Waals surface area contributed by atoms with Gasteiger partial charge in [0.1, 0.15) is 11.4 Å². The zero-order chi connectivity index (χ0) is 24.1. The molecule has 3 fully saturated rings. The fourth-order valence-corrected chi connectivity index (χ4v) is 5.31. The van der Waals surface area contributed by atoms with Crippen LogP contribution in [0.2, 0.25) is 0 Å². The van der Waals surface area contributed by atoms with E-state index in [4.69, 9.17) is 24.2 Å². The third-order valence-corrected chi connectivity index (χ3v) is 7.02. The minimum absolute atomic E-state index is 0.0109. The molecule has 0 spiro atoms. The van der Waals surface area contributed by atoms with Gasteiger partial charge in [-0.05, 0) is 26.0 Å². The van der Waals surface area contributed by atoms with E-state index < -0.39 is 58.4 Å². The van der Waals surface area contributed by atoms with E-state index in [0.29, 0.717) is 0 Å². The van der Waals surface area contributed by atoms with Crippen molar-refractivity contribution < 1.29 is 48.2 Å². The van der Waals surface area contributed by atoms with Crippen molar-refractivity contribution in [2.75, 3.05) is 5.75 Å². The number of oxime groups is 1. The number of β-lactam (4-membered cyclic amide) rings is 1. The topological polar surface area (TPSA) is 190 Å². The molecule has 13 nitrogen and oxygen atoms in total. The summed E-state index contributed by atoms with van der Waals surface area (Å²) >= 11 is 1.25. The van der Waals surface area contributed by atoms with Gasteiger partial charge in [-0.3, -0.25) is 19.3 Å². The number of nitrogens with one attached hydrogen (secondary N) is 1. The smallest absolute Gasteiger partial charge is 0.562 e. The average Bonchev–Trinajstić information content (AvgIpc) is 3.38. The molecule has 0 unspecified atom stereocenters. The molecule has 3 saturated heterocycles. The Morgan fingerprint density at radius 2 is 2.06 bits per heavy atom. The van der Waals surface area contributed by atoms with E-state index >= 15 is 0 Å². The highest BCUT2D eigenvalue weighted by Crippen LogP contribution is 2.51. The molecule has 0 bridgehead atoms. The molecule has 4 rings (SSSR count). The van der Waals surface area contributed by atoms with Crippen molar-refractivity contribution in [1.82, 2.24) is 10.2 Å². The third kappa shape index (κ3) is 3.50. The largest absolute Gasteiger partial charge is 0.582 e. The summed E-state index contributed by atoms with van der Waals surface area (Å²) in [7, 11) is 0. The van der Waals surface area contributed by atoms with Crippen molar-refractivity contribution in [3.8, 4) is 0 Å². The number of carbonyl (C=O) groups is 5. The lowest BCUT2D eigenvalue weighted by Crippen LogP contribution is -2.80. The zero-order valence-corrected chi connectivity index (χ0v) is 18.3. The maximum atomic E-state index is 13.0. The van der Waals surface area contributed by atoms with Gasteiger partial charge in [0, 0.05) is 15.3 Å². The third-order valence-electron chi connectivity index (χ3n) is 5.60. The predicted octanol–water partition coefficient (Wildman–Crippen LogP) is -2.06. The van der Waals surface area contributed by atoms with Crippen LogP contribution >= 0.6 is 11.8 Å². The monoisotopic (exact) mass is 483 g/mol. The number of furan rings is 1. The number of nitrogens with zero attached hydrogens (tertiary/aromatic N) is 2. The molecule has 5 N–H and O–H groups in total. The summed E-state index contributed by atoms with van der Waals surface area (Å²) in [6.45, 7) is 2.60. The number of amides is 2. The van der Waals surface area contributed by atoms with Crippen LogP contribution in [0.25, 0.3) is 0 Å². The van der Waals surface area contributed by atoms with E-state index in [2.05, 4.69) is 10.5 Å². The van der Waals surface area contributed by atoms with Crippen LogP contribution in [0.5, 0.6) is 0 Å². The average molecular weight is 483 g/mol. The second-order valence-electron chi connectivity index (χ2n) is 8.13. The lowest BCUT2D eigenvalue weighted by molar-refractivity contribution is -0.215. The summed E-state index contributed by atoms with van der Waals surface area (Å²) in [5.41, 5.74) is -3.99. The Morgan fingerprint density at radius 1 is 1.33 bits per heavy atom. The second kappa shape index (κ2) is 7.79. The minimum atomic E-state index is -1.98. The molecule has 0 aliphatic carbocycles. The lowest BCUT2D eigenvalue weighted by Gasteiger charge is -2.54. The van der Waals surface area contributed by atoms with Crippen LogP contribution in [0.3, 0.4) is 0 Å². The fourth-order valence-electron chi connectivity index (χ4n) is 3.75. The first-order valence-corrected chi connectivity index (χ1v) is 10.8. The van der Waals surface area contributed by atoms with Crippen molar-refractivity contribution in [3.63, 3.8) is 0 Å². The Hall–Kier alpha value is -3.55. The number of thioether (sulfide) groups is 1. The van der Waals surface area contributed by atoms with Gasteiger partial charge in [0.25, 0.3) is 17.4 Å². The first-order chi connectivity index (χ1) is 15.5. The van der Waals surface area contributed by atoms with E-state index in [1.54, 1.807) is 0 Å². The first-order valence-electron chi connectivity index (χ1n) is 9.78. The molecule has 33 heavy (non-hydrogen) atoms. The highest BCUT2D eigenvalue weighted by Gasteiger charge is 2.74. The molecule has 4 atom stereocenters. The Kier molecular flexibility index (Phi) is 5.35. The molecule has 4 heterocycles. The van der Waals surface area contributed by atoms with Crippen molar-refractivity contribution in [2.45, 2.75) is 43.0 Å². The minimum Gasteiger partial charge on any atom is -0.562 e. The number of hydrogen-bond acceptors (Lipinski definition) is 10. The molecule has 176 valence electrons. The molecule has 2 amide bonds. The van der Waals surface area contributed by atoms with Gasteiger partial charge in [-0.1, -0.05) is 5.16 Å². The molecule has 1 aromatic heterocycles. The number of esters is 1. The van der Waals surface area contributed by atoms with Gasteiger partial charge in [-0.25, -0.2) is 0 Å². The number of ether oxygens (including phenoxy) is 1. The van der Waals surface area contributed by atoms with Gasteiger partial charge < -0.3 is 29.5 Å². The van der Waals surface area contributed by atoms with Crippen LogP contribution in [0.4, 0.5) is 0 Å². The number of carbonyl (C=O) groups excluding carboxylic acids is 5. The summed E-state index contributed by atoms with van der Waals surface area (Å²) in [6, 6.07) is 1.81. The van der Waals surface area contributed by atoms with E-state index in [0.717, 1.165) is 4.90 Å². The predicted molar refractivity (Wildman–Crippen MR) is 110 cm³/mol. The number of fused-ring (bicyclic) bond motifs is 3. The van der Waals surface area contributed by atoms with Crippen LogP contribution in [-0.4, -0.2) is 79.0 Å². The zero-order valence-electron chi connectivity index (χ0n) is 17.4. The summed E-state index contributed by atoms with van der Waals surface area (Å²) in [6.07, 6.45) is 1.20. The van der Waals surface area contributed by atoms with Gasteiger partial charge in [-0.2, -0.15) is 0 Å². The standard InChI is InChI=1S/C19H19N3O10S/c1-18(2,16(26)27)32-21-11(9-4-3-5-30-9)13(24)20-12-14(25)22-15(12)33-7-8-6-10(23)31-19(8,22)17(28)29/h3-5,8,12,15H,6-7H2,1-2H3,(H,20,24)(H,26,27)(H,28,29)/p+2/b21-11-/t8-,12+,15+,19+/m0/s1. The summed E-state index contributed by atoms with van der Waals surface area (Å²) < 4.78 is 10.4. The Morgan fingerprint density at radius 3 is 2.67 bits per heavy atom. The van der Waals surface area contributed by atoms with E-state index in [1.807, 2.05) is 0 Å². The summed E-state index contributed by atoms with van der Waals surface area (Å²) in [5, 5.41) is 20.3. The van der Waals surface area contributed by atoms with E-state index in [9.17, 15) is 24.0 Å². The summed E-state index contributed by atoms with van der Waals surface area (Å²) in [4.78, 5) is 67.3. The quantitative estimate of drug-likeness (QED) is 0.149. The van der Waals surface area contributed by atoms with Crippen LogP contribution in [-0.2, 0) is 33.5 Å². The SMILES string of the molecule is CC(C)(O/N=C(\C(=O)N[C@@H]1C(=O)N2[C@@H]1SC[C@@H]1CC(=O)O[C@@]12C(=O)[OH2+])c1ccco1)C(=O)[OH2+]. The number of rotatable bonds is 7. The Balaban J connectivity index is 1.56.